The van der Waals surface area contributed by atoms with Crippen LogP contribution in [0, 0.1) is 0 Å². The Kier molecular flexibility index (Phi) is 7.14. The summed E-state index contributed by atoms with van der Waals surface area (Å²) in [7, 11) is 1.65. The first-order valence-electron chi connectivity index (χ1n) is 9.82. The third kappa shape index (κ3) is 5.63. The van der Waals surface area contributed by atoms with Crippen molar-refractivity contribution in [2.24, 2.45) is 0 Å². The number of benzene rings is 2. The van der Waals surface area contributed by atoms with Crippen LogP contribution in [0.5, 0.6) is 11.5 Å². The number of urea groups is 1. The molecule has 1 fully saturated rings. The van der Waals surface area contributed by atoms with Crippen LogP contribution in [-0.4, -0.2) is 62.3 Å². The zero-order valence-electron chi connectivity index (χ0n) is 16.7. The lowest BCUT2D eigenvalue weighted by atomic mass is 10.1. The summed E-state index contributed by atoms with van der Waals surface area (Å²) >= 11 is 0. The standard InChI is InChI=1S/C22H29N3O3/c1-3-18-4-6-19(7-5-18)23-22(26)25-14-12-24(13-15-25)16-17-28-21-10-8-20(27-2)9-11-21/h4-11H,3,12-17H2,1-2H3,(H,23,26). The number of carbonyl (C=O) groups is 1. The molecule has 1 aliphatic rings. The van der Waals surface area contributed by atoms with Gasteiger partial charge in [-0.3, -0.25) is 4.90 Å². The molecule has 0 unspecified atom stereocenters. The topological polar surface area (TPSA) is 54.0 Å². The maximum absolute atomic E-state index is 12.4. The number of nitrogens with one attached hydrogen (secondary N) is 1. The number of carbonyl (C=O) groups excluding carboxylic acids is 1. The number of amides is 2. The Balaban J connectivity index is 1.36. The van der Waals surface area contributed by atoms with E-state index in [4.69, 9.17) is 9.47 Å². The number of rotatable bonds is 7. The van der Waals surface area contributed by atoms with Gasteiger partial charge in [0.2, 0.25) is 0 Å². The summed E-state index contributed by atoms with van der Waals surface area (Å²) in [4.78, 5) is 16.6. The van der Waals surface area contributed by atoms with Crippen LogP contribution in [0.3, 0.4) is 0 Å². The van der Waals surface area contributed by atoms with Crippen LogP contribution >= 0.6 is 0 Å². The molecule has 0 aliphatic carbocycles. The fourth-order valence-electron chi connectivity index (χ4n) is 3.17. The summed E-state index contributed by atoms with van der Waals surface area (Å²) in [6.07, 6.45) is 0.998. The molecule has 0 aromatic heterocycles. The molecule has 0 saturated carbocycles. The summed E-state index contributed by atoms with van der Waals surface area (Å²) in [6.45, 7) is 6.75. The lowest BCUT2D eigenvalue weighted by Crippen LogP contribution is -2.50. The molecule has 6 heteroatoms. The van der Waals surface area contributed by atoms with Crippen LogP contribution in [-0.2, 0) is 6.42 Å². The number of piperazine rings is 1. The highest BCUT2D eigenvalue weighted by atomic mass is 16.5. The number of hydrogen-bond acceptors (Lipinski definition) is 4. The van der Waals surface area contributed by atoms with E-state index in [9.17, 15) is 4.79 Å². The van der Waals surface area contributed by atoms with Crippen LogP contribution in [0.2, 0.25) is 0 Å². The van der Waals surface area contributed by atoms with E-state index in [1.807, 2.05) is 41.3 Å². The molecule has 1 saturated heterocycles. The molecule has 2 aromatic carbocycles. The minimum atomic E-state index is -0.0293. The third-order valence-electron chi connectivity index (χ3n) is 5.01. The molecule has 1 N–H and O–H groups in total. The summed E-state index contributed by atoms with van der Waals surface area (Å²) in [5, 5.41) is 2.99. The van der Waals surface area contributed by atoms with Crippen LogP contribution in [0.1, 0.15) is 12.5 Å². The Labute approximate surface area is 167 Å². The predicted molar refractivity (Wildman–Crippen MR) is 111 cm³/mol. The van der Waals surface area contributed by atoms with E-state index in [0.717, 1.165) is 56.3 Å². The Bertz CT molecular complexity index is 739. The molecule has 0 spiro atoms. The molecule has 6 nitrogen and oxygen atoms in total. The fraction of sp³-hybridized carbons (Fsp3) is 0.409. The lowest BCUT2D eigenvalue weighted by molar-refractivity contribution is 0.132. The highest BCUT2D eigenvalue weighted by Gasteiger charge is 2.21. The Morgan fingerprint density at radius 1 is 0.964 bits per heavy atom. The Morgan fingerprint density at radius 2 is 1.61 bits per heavy atom. The largest absolute Gasteiger partial charge is 0.497 e. The van der Waals surface area contributed by atoms with Gasteiger partial charge in [-0.1, -0.05) is 19.1 Å². The van der Waals surface area contributed by atoms with Crippen molar-refractivity contribution in [3.63, 3.8) is 0 Å². The average Bonchev–Trinajstić information content (AvgIpc) is 2.75. The molecule has 1 heterocycles. The van der Waals surface area contributed by atoms with Gasteiger partial charge in [-0.2, -0.15) is 0 Å². The molecule has 1 aliphatic heterocycles. The third-order valence-corrected chi connectivity index (χ3v) is 5.01. The number of aryl methyl sites for hydroxylation is 1. The summed E-state index contributed by atoms with van der Waals surface area (Å²) in [5.41, 5.74) is 2.11. The number of ether oxygens (including phenoxy) is 2. The van der Waals surface area contributed by atoms with E-state index in [1.165, 1.54) is 5.56 Å². The first-order chi connectivity index (χ1) is 13.7. The number of methoxy groups -OCH3 is 1. The average molecular weight is 383 g/mol. The Hall–Kier alpha value is -2.73. The smallest absolute Gasteiger partial charge is 0.321 e. The van der Waals surface area contributed by atoms with Crippen LogP contribution in [0.4, 0.5) is 10.5 Å². The maximum atomic E-state index is 12.4. The van der Waals surface area contributed by atoms with Crippen LogP contribution in [0.25, 0.3) is 0 Å². The molecule has 0 radical (unpaired) electrons. The van der Waals surface area contributed by atoms with Crippen molar-refractivity contribution >= 4 is 11.7 Å². The zero-order chi connectivity index (χ0) is 19.8. The SMILES string of the molecule is CCc1ccc(NC(=O)N2CCN(CCOc3ccc(OC)cc3)CC2)cc1. The van der Waals surface area contributed by atoms with E-state index in [0.29, 0.717) is 6.61 Å². The molecule has 28 heavy (non-hydrogen) atoms. The predicted octanol–water partition coefficient (Wildman–Crippen LogP) is 3.49. The molecule has 0 bridgehead atoms. The van der Waals surface area contributed by atoms with Crippen LogP contribution < -0.4 is 14.8 Å². The van der Waals surface area contributed by atoms with Gasteiger partial charge in [0, 0.05) is 38.4 Å². The van der Waals surface area contributed by atoms with Gasteiger partial charge < -0.3 is 19.7 Å². The number of nitrogens with zero attached hydrogens (tertiary/aromatic N) is 2. The normalized spacial score (nSPS) is 14.6. The highest BCUT2D eigenvalue weighted by Crippen LogP contribution is 2.17. The summed E-state index contributed by atoms with van der Waals surface area (Å²) < 4.78 is 10.9. The molecule has 150 valence electrons. The van der Waals surface area contributed by atoms with Crippen molar-refractivity contribution in [2.45, 2.75) is 13.3 Å². The van der Waals surface area contributed by atoms with Crippen molar-refractivity contribution in [3.8, 4) is 11.5 Å². The van der Waals surface area contributed by atoms with Gasteiger partial charge in [-0.05, 0) is 48.4 Å². The highest BCUT2D eigenvalue weighted by molar-refractivity contribution is 5.89. The molecule has 2 amide bonds. The van der Waals surface area contributed by atoms with Gasteiger partial charge in [0.15, 0.2) is 0 Å². The van der Waals surface area contributed by atoms with Crippen molar-refractivity contribution in [1.82, 2.24) is 9.80 Å². The van der Waals surface area contributed by atoms with Crippen LogP contribution in [0.15, 0.2) is 48.5 Å². The molecular weight excluding hydrogens is 354 g/mol. The Morgan fingerprint density at radius 3 is 2.21 bits per heavy atom. The monoisotopic (exact) mass is 383 g/mol. The second-order valence-corrected chi connectivity index (χ2v) is 6.83. The fourth-order valence-corrected chi connectivity index (χ4v) is 3.17. The minimum Gasteiger partial charge on any atom is -0.497 e. The zero-order valence-corrected chi connectivity index (χ0v) is 16.7. The van der Waals surface area contributed by atoms with Crippen molar-refractivity contribution in [2.75, 3.05) is 51.8 Å². The van der Waals surface area contributed by atoms with Gasteiger partial charge in [0.1, 0.15) is 18.1 Å². The van der Waals surface area contributed by atoms with Crippen molar-refractivity contribution in [3.05, 3.63) is 54.1 Å². The summed E-state index contributed by atoms with van der Waals surface area (Å²) in [6, 6.07) is 15.6. The van der Waals surface area contributed by atoms with E-state index in [-0.39, 0.29) is 6.03 Å². The second kappa shape index (κ2) is 9.99. The van der Waals surface area contributed by atoms with Gasteiger partial charge in [-0.15, -0.1) is 0 Å². The second-order valence-electron chi connectivity index (χ2n) is 6.83. The van der Waals surface area contributed by atoms with E-state index < -0.39 is 0 Å². The van der Waals surface area contributed by atoms with Crippen molar-refractivity contribution in [1.29, 1.82) is 0 Å². The van der Waals surface area contributed by atoms with Gasteiger partial charge in [-0.25, -0.2) is 4.79 Å². The van der Waals surface area contributed by atoms with Gasteiger partial charge >= 0.3 is 6.03 Å². The van der Waals surface area contributed by atoms with E-state index >= 15 is 0 Å². The molecule has 0 atom stereocenters. The lowest BCUT2D eigenvalue weighted by Gasteiger charge is -2.34. The molecule has 3 rings (SSSR count). The number of hydrogen-bond donors (Lipinski definition) is 1. The van der Waals surface area contributed by atoms with Crippen molar-refractivity contribution < 1.29 is 14.3 Å². The van der Waals surface area contributed by atoms with E-state index in [2.05, 4.69) is 29.3 Å². The summed E-state index contributed by atoms with van der Waals surface area (Å²) in [5.74, 6) is 1.66. The maximum Gasteiger partial charge on any atom is 0.321 e. The van der Waals surface area contributed by atoms with Gasteiger partial charge in [0.05, 0.1) is 7.11 Å². The van der Waals surface area contributed by atoms with Gasteiger partial charge in [0.25, 0.3) is 0 Å². The minimum absolute atomic E-state index is 0.0293. The molecule has 2 aromatic rings. The quantitative estimate of drug-likeness (QED) is 0.795. The van der Waals surface area contributed by atoms with E-state index in [1.54, 1.807) is 7.11 Å². The molecular formula is C22H29N3O3. The first kappa shape index (κ1) is 20.0. The first-order valence-corrected chi connectivity index (χ1v) is 9.82. The number of anilines is 1.